The molecule has 0 saturated heterocycles. The Balaban J connectivity index is 2.13. The van der Waals surface area contributed by atoms with Crippen LogP contribution in [-0.2, 0) is 0 Å². The smallest absolute Gasteiger partial charge is 0.206 e. The van der Waals surface area contributed by atoms with Gasteiger partial charge in [0.2, 0.25) is 4.80 Å². The molecule has 4 nitrogen and oxygen atoms in total. The molecule has 3 aromatic rings. The number of benzene rings is 1. The van der Waals surface area contributed by atoms with Crippen molar-refractivity contribution in [3.8, 4) is 11.3 Å². The molecule has 0 aliphatic heterocycles. The second-order valence-electron chi connectivity index (χ2n) is 5.64. The Bertz CT molecular complexity index is 1020. The maximum absolute atomic E-state index is 6.38. The van der Waals surface area contributed by atoms with Crippen molar-refractivity contribution >= 4 is 40.8 Å². The van der Waals surface area contributed by atoms with Gasteiger partial charge in [0.15, 0.2) is 0 Å². The van der Waals surface area contributed by atoms with Gasteiger partial charge in [-0.1, -0.05) is 35.4 Å². The molecule has 2 heterocycles. The summed E-state index contributed by atoms with van der Waals surface area (Å²) in [5.41, 5.74) is 3.55. The predicted octanol–water partition coefficient (Wildman–Crippen LogP) is 5.28. The fraction of sp³-hybridized carbons (Fsp3) is 0.105. The first-order valence-electron chi connectivity index (χ1n) is 7.80. The summed E-state index contributed by atoms with van der Waals surface area (Å²) in [6.45, 7) is 6.38. The van der Waals surface area contributed by atoms with Gasteiger partial charge in [-0.2, -0.15) is 5.10 Å². The summed E-state index contributed by atoms with van der Waals surface area (Å²) >= 11 is 14.0. The van der Waals surface area contributed by atoms with Gasteiger partial charge in [-0.15, -0.1) is 11.3 Å². The normalized spacial score (nSPS) is 12.0. The average Bonchev–Trinajstić information content (AvgIpc) is 3.03. The van der Waals surface area contributed by atoms with Gasteiger partial charge >= 0.3 is 0 Å². The molecule has 132 valence electrons. The van der Waals surface area contributed by atoms with E-state index in [0.717, 1.165) is 27.2 Å². The molecule has 0 aliphatic rings. The molecule has 0 bridgehead atoms. The second kappa shape index (κ2) is 8.45. The Kier molecular flexibility index (Phi) is 6.04. The van der Waals surface area contributed by atoms with Crippen molar-refractivity contribution in [3.63, 3.8) is 0 Å². The minimum absolute atomic E-state index is 0.536. The van der Waals surface area contributed by atoms with E-state index in [1.54, 1.807) is 35.4 Å². The molecular weight excluding hydrogens is 387 g/mol. The van der Waals surface area contributed by atoms with Gasteiger partial charge in [0, 0.05) is 28.4 Å². The summed E-state index contributed by atoms with van der Waals surface area (Å²) in [5.74, 6) is 0. The number of hydrogen-bond acceptors (Lipinski definition) is 4. The predicted molar refractivity (Wildman–Crippen MR) is 110 cm³/mol. The number of pyridine rings is 1. The Morgan fingerprint density at radius 1 is 1.27 bits per heavy atom. The first-order valence-corrected chi connectivity index (χ1v) is 9.43. The molecule has 1 aromatic carbocycles. The lowest BCUT2D eigenvalue weighted by atomic mass is 10.2. The summed E-state index contributed by atoms with van der Waals surface area (Å²) in [6.07, 6.45) is 5.21. The van der Waals surface area contributed by atoms with Crippen LogP contribution in [0.4, 0.5) is 0 Å². The molecule has 0 fully saturated rings. The lowest BCUT2D eigenvalue weighted by Crippen LogP contribution is -2.13. The van der Waals surface area contributed by atoms with Crippen LogP contribution in [0.25, 0.3) is 11.3 Å². The van der Waals surface area contributed by atoms with Crippen molar-refractivity contribution < 1.29 is 0 Å². The number of thiazole rings is 1. The van der Waals surface area contributed by atoms with Crippen molar-refractivity contribution in [1.82, 2.24) is 9.66 Å². The van der Waals surface area contributed by atoms with Crippen LogP contribution in [0.5, 0.6) is 0 Å². The summed E-state index contributed by atoms with van der Waals surface area (Å²) in [7, 11) is 0. The van der Waals surface area contributed by atoms with E-state index in [-0.39, 0.29) is 0 Å². The van der Waals surface area contributed by atoms with E-state index in [9.17, 15) is 0 Å². The molecule has 0 amide bonds. The van der Waals surface area contributed by atoms with Crippen molar-refractivity contribution in [1.29, 1.82) is 0 Å². The van der Waals surface area contributed by atoms with Crippen LogP contribution in [0.15, 0.2) is 70.4 Å². The molecule has 2 aromatic heterocycles. The third kappa shape index (κ3) is 4.49. The molecule has 7 heteroatoms. The summed E-state index contributed by atoms with van der Waals surface area (Å²) in [6, 6.07) is 9.13. The van der Waals surface area contributed by atoms with Crippen LogP contribution in [-0.4, -0.2) is 22.4 Å². The molecule has 0 radical (unpaired) electrons. The van der Waals surface area contributed by atoms with Crippen LogP contribution >= 0.6 is 34.5 Å². The molecule has 0 atom stereocenters. The molecule has 0 spiro atoms. The minimum Gasteiger partial charge on any atom is -0.265 e. The third-order valence-electron chi connectivity index (χ3n) is 3.40. The highest BCUT2D eigenvalue weighted by atomic mass is 35.5. The number of rotatable bonds is 5. The van der Waals surface area contributed by atoms with Crippen LogP contribution in [0.3, 0.4) is 0 Å². The van der Waals surface area contributed by atoms with Gasteiger partial charge in [0.05, 0.1) is 23.5 Å². The SMILES string of the molecule is C=C(C)CN=c1scc(-c2cc(Cl)ccc2Cl)n1N=Cc1ccncc1. The second-order valence-corrected chi connectivity index (χ2v) is 7.32. The highest BCUT2D eigenvalue weighted by Crippen LogP contribution is 2.30. The van der Waals surface area contributed by atoms with Crippen LogP contribution in [0.2, 0.25) is 10.0 Å². The van der Waals surface area contributed by atoms with Crippen LogP contribution in [0.1, 0.15) is 12.5 Å². The van der Waals surface area contributed by atoms with Gasteiger partial charge < -0.3 is 0 Å². The summed E-state index contributed by atoms with van der Waals surface area (Å²) in [4.78, 5) is 9.37. The highest BCUT2D eigenvalue weighted by Gasteiger charge is 2.11. The number of halogens is 2. The number of nitrogens with zero attached hydrogens (tertiary/aromatic N) is 4. The highest BCUT2D eigenvalue weighted by molar-refractivity contribution is 7.07. The lowest BCUT2D eigenvalue weighted by molar-refractivity contribution is 0.836. The standard InChI is InChI=1S/C19H16Cl2N4S/c1-13(2)10-23-19-25(24-11-14-5-7-22-8-6-14)18(12-26-19)16-9-15(20)3-4-17(16)21/h3-9,11-12H,1,10H2,2H3. The Labute approximate surface area is 165 Å². The van der Waals surface area contributed by atoms with E-state index in [1.807, 2.05) is 30.5 Å². The number of aromatic nitrogens is 2. The van der Waals surface area contributed by atoms with Gasteiger partial charge in [0.25, 0.3) is 0 Å². The third-order valence-corrected chi connectivity index (χ3v) is 4.82. The zero-order valence-corrected chi connectivity index (χ0v) is 16.4. The minimum atomic E-state index is 0.536. The van der Waals surface area contributed by atoms with Crippen molar-refractivity contribution in [2.75, 3.05) is 6.54 Å². The van der Waals surface area contributed by atoms with E-state index < -0.39 is 0 Å². The van der Waals surface area contributed by atoms with Gasteiger partial charge in [-0.25, -0.2) is 4.68 Å². The molecule has 0 unspecified atom stereocenters. The van der Waals surface area contributed by atoms with E-state index in [2.05, 4.69) is 21.7 Å². The first kappa shape index (κ1) is 18.6. The quantitative estimate of drug-likeness (QED) is 0.422. The van der Waals surface area contributed by atoms with Gasteiger partial charge in [0.1, 0.15) is 0 Å². The summed E-state index contributed by atoms with van der Waals surface area (Å²) < 4.78 is 1.77. The van der Waals surface area contributed by atoms with Crippen molar-refractivity contribution in [2.45, 2.75) is 6.92 Å². The van der Waals surface area contributed by atoms with E-state index >= 15 is 0 Å². The van der Waals surface area contributed by atoms with Crippen LogP contribution < -0.4 is 4.80 Å². The monoisotopic (exact) mass is 402 g/mol. The molecule has 0 N–H and O–H groups in total. The fourth-order valence-corrected chi connectivity index (χ4v) is 3.39. The fourth-order valence-electron chi connectivity index (χ4n) is 2.18. The molecule has 3 rings (SSSR count). The van der Waals surface area contributed by atoms with Crippen molar-refractivity contribution in [3.05, 3.63) is 80.7 Å². The maximum Gasteiger partial charge on any atom is 0.206 e. The van der Waals surface area contributed by atoms with E-state index in [1.165, 1.54) is 11.3 Å². The van der Waals surface area contributed by atoms with Gasteiger partial charge in [-0.3, -0.25) is 9.98 Å². The van der Waals surface area contributed by atoms with Gasteiger partial charge in [-0.05, 0) is 42.8 Å². The van der Waals surface area contributed by atoms with E-state index in [4.69, 9.17) is 23.2 Å². The molecule has 26 heavy (non-hydrogen) atoms. The lowest BCUT2D eigenvalue weighted by Gasteiger charge is -2.06. The average molecular weight is 403 g/mol. The molecular formula is C19H16Cl2N4S. The zero-order chi connectivity index (χ0) is 18.5. The Morgan fingerprint density at radius 2 is 2.04 bits per heavy atom. The Morgan fingerprint density at radius 3 is 2.77 bits per heavy atom. The maximum atomic E-state index is 6.38. The van der Waals surface area contributed by atoms with Crippen LogP contribution in [0, 0.1) is 0 Å². The Hall–Kier alpha value is -2.21. The van der Waals surface area contributed by atoms with E-state index in [0.29, 0.717) is 16.6 Å². The zero-order valence-electron chi connectivity index (χ0n) is 14.1. The first-order chi connectivity index (χ1) is 12.5. The van der Waals surface area contributed by atoms with Crippen molar-refractivity contribution in [2.24, 2.45) is 10.1 Å². The molecule has 0 aliphatic carbocycles. The topological polar surface area (TPSA) is 42.5 Å². The largest absolute Gasteiger partial charge is 0.265 e. The number of hydrogen-bond donors (Lipinski definition) is 0. The summed E-state index contributed by atoms with van der Waals surface area (Å²) in [5, 5.41) is 7.80. The molecule has 0 saturated carbocycles.